The highest BCUT2D eigenvalue weighted by molar-refractivity contribution is 5.85. The van der Waals surface area contributed by atoms with E-state index in [-0.39, 0.29) is 11.8 Å². The van der Waals surface area contributed by atoms with Crippen LogP contribution >= 0.6 is 0 Å². The number of hydrazone groups is 1. The first-order valence-electron chi connectivity index (χ1n) is 8.33. The summed E-state index contributed by atoms with van der Waals surface area (Å²) in [6, 6.07) is 8.93. The Morgan fingerprint density at radius 3 is 2.62 bits per heavy atom. The number of aromatic nitrogens is 4. The van der Waals surface area contributed by atoms with Gasteiger partial charge in [-0.15, -0.1) is 5.10 Å². The van der Waals surface area contributed by atoms with Gasteiger partial charge in [-0.3, -0.25) is 5.01 Å². The molecule has 0 saturated heterocycles. The van der Waals surface area contributed by atoms with Gasteiger partial charge in [-0.25, -0.2) is 19.0 Å². The predicted molar refractivity (Wildman–Crippen MR) is 101 cm³/mol. The van der Waals surface area contributed by atoms with Crippen LogP contribution in [0.4, 0.5) is 19.0 Å². The first kappa shape index (κ1) is 20.1. The number of nitrogens with zero attached hydrogens (tertiary/aromatic N) is 6. The fourth-order valence-corrected chi connectivity index (χ4v) is 2.66. The number of rotatable bonds is 5. The molecular formula is C18H17F3N6O2. The van der Waals surface area contributed by atoms with Gasteiger partial charge in [-0.05, 0) is 18.2 Å². The number of alkyl halides is 3. The van der Waals surface area contributed by atoms with Crippen LogP contribution in [0.2, 0.25) is 0 Å². The van der Waals surface area contributed by atoms with E-state index in [1.807, 2.05) is 0 Å². The Morgan fingerprint density at radius 2 is 1.93 bits per heavy atom. The van der Waals surface area contributed by atoms with E-state index >= 15 is 0 Å². The average molecular weight is 406 g/mol. The Labute approximate surface area is 163 Å². The molecule has 152 valence electrons. The van der Waals surface area contributed by atoms with Crippen LogP contribution in [0.3, 0.4) is 0 Å². The number of hydrogen-bond donors (Lipinski definition) is 0. The van der Waals surface area contributed by atoms with Crippen molar-refractivity contribution in [3.05, 3.63) is 64.2 Å². The number of hydrogen-bond acceptors (Lipinski definition) is 6. The molecule has 1 aromatic carbocycles. The minimum absolute atomic E-state index is 0.0655. The molecule has 0 spiro atoms. The topological polar surface area (TPSA) is 77.5 Å². The van der Waals surface area contributed by atoms with Gasteiger partial charge < -0.3 is 4.74 Å². The number of methoxy groups -OCH3 is 1. The lowest BCUT2D eigenvalue weighted by atomic mass is 10.2. The van der Waals surface area contributed by atoms with Gasteiger partial charge in [0.15, 0.2) is 5.82 Å². The average Bonchev–Trinajstić information content (AvgIpc) is 2.99. The highest BCUT2D eigenvalue weighted by Gasteiger charge is 2.35. The Morgan fingerprint density at radius 1 is 1.21 bits per heavy atom. The maximum absolute atomic E-state index is 13.2. The van der Waals surface area contributed by atoms with Crippen molar-refractivity contribution in [1.29, 1.82) is 0 Å². The Hall–Kier alpha value is -3.63. The SMILES string of the molecule is COc1nn(C)c(=O)n1-c1ccccc1/C=N/N(C)c1ncccc1C(F)(F)F. The van der Waals surface area contributed by atoms with Crippen LogP contribution in [0.5, 0.6) is 6.01 Å². The molecule has 0 saturated carbocycles. The molecule has 2 aromatic heterocycles. The van der Waals surface area contributed by atoms with Crippen LogP contribution in [-0.2, 0) is 13.2 Å². The monoisotopic (exact) mass is 406 g/mol. The molecule has 2 heterocycles. The van der Waals surface area contributed by atoms with Gasteiger partial charge in [0, 0.05) is 25.9 Å². The number of anilines is 1. The minimum atomic E-state index is -4.57. The molecule has 0 aliphatic carbocycles. The van der Waals surface area contributed by atoms with Crippen LogP contribution < -0.4 is 15.4 Å². The molecule has 8 nitrogen and oxygen atoms in total. The molecule has 0 unspecified atom stereocenters. The molecule has 0 fully saturated rings. The summed E-state index contributed by atoms with van der Waals surface area (Å²) >= 11 is 0. The zero-order chi connectivity index (χ0) is 21.2. The van der Waals surface area contributed by atoms with Crippen molar-refractivity contribution in [1.82, 2.24) is 19.3 Å². The molecule has 11 heteroatoms. The molecule has 0 aliphatic heterocycles. The number of aryl methyl sites for hydroxylation is 1. The first-order valence-corrected chi connectivity index (χ1v) is 8.33. The summed E-state index contributed by atoms with van der Waals surface area (Å²) < 4.78 is 47.1. The highest BCUT2D eigenvalue weighted by Crippen LogP contribution is 2.34. The maximum atomic E-state index is 13.2. The summed E-state index contributed by atoms with van der Waals surface area (Å²) in [7, 11) is 4.21. The number of benzene rings is 1. The van der Waals surface area contributed by atoms with E-state index in [2.05, 4.69) is 15.2 Å². The Kier molecular flexibility index (Phi) is 5.39. The van der Waals surface area contributed by atoms with E-state index in [1.54, 1.807) is 24.3 Å². The lowest BCUT2D eigenvalue weighted by molar-refractivity contribution is -0.137. The third-order valence-corrected chi connectivity index (χ3v) is 4.02. The lowest BCUT2D eigenvalue weighted by Gasteiger charge is -2.17. The predicted octanol–water partition coefficient (Wildman–Crippen LogP) is 2.46. The standard InChI is InChI=1S/C18H17F3N6O2/c1-25(15-13(18(19,20)21)8-6-10-22-15)23-11-12-7-4-5-9-14(12)27-16(29-3)24-26(2)17(27)28/h4-11H,1-3H3/b23-11+. The molecule has 0 amide bonds. The third kappa shape index (κ3) is 3.98. The Balaban J connectivity index is 2.02. The summed E-state index contributed by atoms with van der Waals surface area (Å²) in [5.41, 5.74) is -0.466. The van der Waals surface area contributed by atoms with E-state index in [1.165, 1.54) is 44.3 Å². The molecule has 0 radical (unpaired) electrons. The second kappa shape index (κ2) is 7.78. The van der Waals surface area contributed by atoms with Crippen molar-refractivity contribution >= 4 is 12.0 Å². The summed E-state index contributed by atoms with van der Waals surface area (Å²) in [6.07, 6.45) is -1.98. The van der Waals surface area contributed by atoms with E-state index in [9.17, 15) is 18.0 Å². The molecule has 3 aromatic rings. The zero-order valence-electron chi connectivity index (χ0n) is 15.8. The smallest absolute Gasteiger partial charge is 0.420 e. The van der Waals surface area contributed by atoms with Gasteiger partial charge >= 0.3 is 17.9 Å². The van der Waals surface area contributed by atoms with Gasteiger partial charge in [0.05, 0.1) is 24.6 Å². The minimum Gasteiger partial charge on any atom is -0.467 e. The molecule has 0 bridgehead atoms. The van der Waals surface area contributed by atoms with E-state index < -0.39 is 17.4 Å². The van der Waals surface area contributed by atoms with Gasteiger partial charge in [0.25, 0.3) is 0 Å². The van der Waals surface area contributed by atoms with Gasteiger partial charge in [-0.2, -0.15) is 18.3 Å². The summed E-state index contributed by atoms with van der Waals surface area (Å²) in [4.78, 5) is 16.2. The van der Waals surface area contributed by atoms with Gasteiger partial charge in [0.2, 0.25) is 0 Å². The molecule has 0 atom stereocenters. The molecule has 0 aliphatic rings. The first-order chi connectivity index (χ1) is 13.7. The number of para-hydroxylation sites is 1. The van der Waals surface area contributed by atoms with Crippen LogP contribution in [-0.4, -0.2) is 39.7 Å². The largest absolute Gasteiger partial charge is 0.467 e. The maximum Gasteiger partial charge on any atom is 0.420 e. The second-order valence-electron chi connectivity index (χ2n) is 5.93. The molecule has 0 N–H and O–H groups in total. The van der Waals surface area contributed by atoms with Crippen LogP contribution in [0, 0.1) is 0 Å². The van der Waals surface area contributed by atoms with Crippen LogP contribution in [0.25, 0.3) is 5.69 Å². The fourth-order valence-electron chi connectivity index (χ4n) is 2.66. The summed E-state index contributed by atoms with van der Waals surface area (Å²) in [5, 5.41) is 9.08. The number of halogens is 3. The lowest BCUT2D eigenvalue weighted by Crippen LogP contribution is -2.22. The van der Waals surface area contributed by atoms with Crippen molar-refractivity contribution < 1.29 is 17.9 Å². The van der Waals surface area contributed by atoms with E-state index in [4.69, 9.17) is 4.74 Å². The van der Waals surface area contributed by atoms with Crippen molar-refractivity contribution in [2.75, 3.05) is 19.2 Å². The molecule has 3 rings (SSSR count). The quantitative estimate of drug-likeness (QED) is 0.481. The van der Waals surface area contributed by atoms with Crippen molar-refractivity contribution in [2.45, 2.75) is 6.18 Å². The normalized spacial score (nSPS) is 11.8. The Bertz CT molecular complexity index is 1100. The molecule has 29 heavy (non-hydrogen) atoms. The van der Waals surface area contributed by atoms with Crippen molar-refractivity contribution in [3.63, 3.8) is 0 Å². The van der Waals surface area contributed by atoms with Gasteiger partial charge in [-0.1, -0.05) is 18.2 Å². The number of pyridine rings is 1. The zero-order valence-corrected chi connectivity index (χ0v) is 15.8. The summed E-state index contributed by atoms with van der Waals surface area (Å²) in [6.45, 7) is 0. The highest BCUT2D eigenvalue weighted by atomic mass is 19.4. The van der Waals surface area contributed by atoms with Crippen LogP contribution in [0.15, 0.2) is 52.5 Å². The van der Waals surface area contributed by atoms with Crippen LogP contribution in [0.1, 0.15) is 11.1 Å². The fraction of sp³-hybridized carbons (Fsp3) is 0.222. The molecular weight excluding hydrogens is 389 g/mol. The second-order valence-corrected chi connectivity index (χ2v) is 5.93. The van der Waals surface area contributed by atoms with Crippen molar-refractivity contribution in [3.8, 4) is 11.7 Å². The summed E-state index contributed by atoms with van der Waals surface area (Å²) in [5.74, 6) is -0.343. The van der Waals surface area contributed by atoms with E-state index in [0.717, 1.165) is 15.8 Å². The van der Waals surface area contributed by atoms with E-state index in [0.29, 0.717) is 11.3 Å². The van der Waals surface area contributed by atoms with Crippen molar-refractivity contribution in [2.24, 2.45) is 12.1 Å². The van der Waals surface area contributed by atoms with Gasteiger partial charge in [0.1, 0.15) is 0 Å². The third-order valence-electron chi connectivity index (χ3n) is 4.02. The number of ether oxygens (including phenoxy) is 1.